The zero-order valence-electron chi connectivity index (χ0n) is 29.0. The Balaban J connectivity index is 1.14. The number of pyridine rings is 2. The summed E-state index contributed by atoms with van der Waals surface area (Å²) < 4.78 is 13.1. The number of methoxy groups -OCH3 is 1. The van der Waals surface area contributed by atoms with Crippen LogP contribution in [0.25, 0.3) is 11.1 Å². The van der Waals surface area contributed by atoms with Crippen LogP contribution in [0.5, 0.6) is 5.75 Å². The SMILES string of the molecule is COc1ccc(C2CCC(CN(C(=O)C3CCC(OC(=O)N4CC(C)(O)C4)CC3)c3cc(-c4cnn(C(C)C)c4)ccn3)CC2)nc1C. The van der Waals surface area contributed by atoms with Crippen molar-refractivity contribution < 1.29 is 24.2 Å². The molecule has 258 valence electrons. The first kappa shape index (κ1) is 33.9. The number of amides is 2. The standard InChI is InChI=1S/C37H50N6O5/c1-24(2)43-21-30(19-39-43)29-16-17-38-34(18-29)42(20-26-6-8-27(9-7-26)32-14-15-33(47-5)25(3)40-32)35(44)28-10-12-31(13-11-28)48-36(45)41-22-37(4,46)23-41/h14-19,21,24,26-28,31,46H,6-13,20,22-23H2,1-5H3. The number of aromatic nitrogens is 4. The van der Waals surface area contributed by atoms with Crippen LogP contribution in [0.4, 0.5) is 10.6 Å². The molecule has 3 aromatic heterocycles. The predicted molar refractivity (Wildman–Crippen MR) is 183 cm³/mol. The largest absolute Gasteiger partial charge is 0.495 e. The zero-order valence-corrected chi connectivity index (χ0v) is 29.0. The van der Waals surface area contributed by atoms with E-state index in [1.165, 1.54) is 4.90 Å². The van der Waals surface area contributed by atoms with E-state index in [2.05, 4.69) is 25.0 Å². The lowest BCUT2D eigenvalue weighted by atomic mass is 9.79. The van der Waals surface area contributed by atoms with E-state index < -0.39 is 5.60 Å². The van der Waals surface area contributed by atoms with Gasteiger partial charge in [0.1, 0.15) is 17.7 Å². The summed E-state index contributed by atoms with van der Waals surface area (Å²) in [6.45, 7) is 9.09. The third kappa shape index (κ3) is 7.66. The smallest absolute Gasteiger partial charge is 0.410 e. The van der Waals surface area contributed by atoms with Crippen LogP contribution in [0.2, 0.25) is 0 Å². The molecule has 1 N–H and O–H groups in total. The van der Waals surface area contributed by atoms with E-state index in [9.17, 15) is 14.7 Å². The van der Waals surface area contributed by atoms with Crippen molar-refractivity contribution in [1.29, 1.82) is 0 Å². The van der Waals surface area contributed by atoms with Crippen molar-refractivity contribution in [3.63, 3.8) is 0 Å². The Morgan fingerprint density at radius 3 is 2.40 bits per heavy atom. The lowest BCUT2D eigenvalue weighted by molar-refractivity contribution is -0.124. The number of likely N-dealkylation sites (tertiary alicyclic amines) is 1. The van der Waals surface area contributed by atoms with Crippen molar-refractivity contribution in [2.45, 2.75) is 103 Å². The van der Waals surface area contributed by atoms with Crippen LogP contribution in [0.15, 0.2) is 42.9 Å². The molecule has 2 amide bonds. The first-order valence-corrected chi connectivity index (χ1v) is 17.5. The molecule has 0 aromatic carbocycles. The Bertz CT molecular complexity index is 1580. The lowest BCUT2D eigenvalue weighted by Gasteiger charge is -2.44. The fourth-order valence-electron chi connectivity index (χ4n) is 7.49. The van der Waals surface area contributed by atoms with Gasteiger partial charge in [0.15, 0.2) is 0 Å². The number of hydrogen-bond acceptors (Lipinski definition) is 8. The molecule has 3 aromatic rings. The number of carbonyl (C=O) groups excluding carboxylic acids is 2. The Hall–Kier alpha value is -3.99. The van der Waals surface area contributed by atoms with Gasteiger partial charge in [-0.3, -0.25) is 19.4 Å². The van der Waals surface area contributed by atoms with E-state index in [1.807, 2.05) is 47.1 Å². The van der Waals surface area contributed by atoms with Gasteiger partial charge < -0.3 is 19.5 Å². The van der Waals surface area contributed by atoms with Crippen molar-refractivity contribution in [1.82, 2.24) is 24.6 Å². The second-order valence-electron chi connectivity index (χ2n) is 14.6. The van der Waals surface area contributed by atoms with E-state index in [-0.39, 0.29) is 43.2 Å². The number of aliphatic hydroxyl groups is 1. The van der Waals surface area contributed by atoms with Gasteiger partial charge >= 0.3 is 6.09 Å². The maximum atomic E-state index is 14.4. The molecular formula is C37H50N6O5. The van der Waals surface area contributed by atoms with Crippen LogP contribution in [0.3, 0.4) is 0 Å². The molecule has 0 radical (unpaired) electrons. The molecule has 11 heteroatoms. The van der Waals surface area contributed by atoms with Crippen molar-refractivity contribution in [3.05, 3.63) is 54.2 Å². The topological polar surface area (TPSA) is 123 Å². The van der Waals surface area contributed by atoms with Gasteiger partial charge in [-0.25, -0.2) is 9.78 Å². The number of anilines is 1. The van der Waals surface area contributed by atoms with E-state index in [1.54, 1.807) is 20.2 Å². The van der Waals surface area contributed by atoms with Crippen LogP contribution >= 0.6 is 0 Å². The van der Waals surface area contributed by atoms with Gasteiger partial charge in [0.25, 0.3) is 0 Å². The second-order valence-corrected chi connectivity index (χ2v) is 14.6. The fraction of sp³-hybridized carbons (Fsp3) is 0.595. The molecular weight excluding hydrogens is 608 g/mol. The highest BCUT2D eigenvalue weighted by Gasteiger charge is 2.41. The first-order valence-electron chi connectivity index (χ1n) is 17.5. The molecule has 2 saturated carbocycles. The van der Waals surface area contributed by atoms with Gasteiger partial charge in [0.2, 0.25) is 5.91 Å². The quantitative estimate of drug-likeness (QED) is 0.284. The minimum absolute atomic E-state index is 0.0932. The number of nitrogens with zero attached hydrogens (tertiary/aromatic N) is 6. The number of carbonyl (C=O) groups is 2. The molecule has 0 spiro atoms. The van der Waals surface area contributed by atoms with Gasteiger partial charge in [-0.2, -0.15) is 5.10 Å². The van der Waals surface area contributed by atoms with Gasteiger partial charge in [-0.1, -0.05) is 0 Å². The fourth-order valence-corrected chi connectivity index (χ4v) is 7.49. The Labute approximate surface area is 283 Å². The van der Waals surface area contributed by atoms with E-state index in [0.29, 0.717) is 49.9 Å². The molecule has 3 fully saturated rings. The van der Waals surface area contributed by atoms with Gasteiger partial charge in [0, 0.05) is 48.1 Å². The summed E-state index contributed by atoms with van der Waals surface area (Å²) in [5.74, 6) is 2.16. The molecule has 0 bridgehead atoms. The van der Waals surface area contributed by atoms with Crippen molar-refractivity contribution in [3.8, 4) is 16.9 Å². The highest BCUT2D eigenvalue weighted by molar-refractivity contribution is 5.94. The minimum Gasteiger partial charge on any atom is -0.495 e. The molecule has 3 aliphatic rings. The molecule has 2 aliphatic carbocycles. The number of β-amino-alcohol motifs (C(OH)–C–C–N with tert-alkyl or cyclic N) is 1. The molecule has 11 nitrogen and oxygen atoms in total. The summed E-state index contributed by atoms with van der Waals surface area (Å²) in [5, 5.41) is 14.5. The van der Waals surface area contributed by atoms with E-state index >= 15 is 0 Å². The summed E-state index contributed by atoms with van der Waals surface area (Å²) in [6, 6.07) is 8.34. The van der Waals surface area contributed by atoms with Crippen LogP contribution in [0.1, 0.15) is 95.5 Å². The van der Waals surface area contributed by atoms with Crippen LogP contribution in [-0.4, -0.2) is 80.2 Å². The number of rotatable bonds is 9. The van der Waals surface area contributed by atoms with Crippen LogP contribution in [-0.2, 0) is 9.53 Å². The molecule has 4 heterocycles. The van der Waals surface area contributed by atoms with Crippen LogP contribution in [0, 0.1) is 18.8 Å². The Kier molecular flexibility index (Phi) is 10.1. The molecule has 1 saturated heterocycles. The summed E-state index contributed by atoms with van der Waals surface area (Å²) in [7, 11) is 1.67. The van der Waals surface area contributed by atoms with Gasteiger partial charge in [-0.15, -0.1) is 0 Å². The minimum atomic E-state index is -0.836. The van der Waals surface area contributed by atoms with E-state index in [4.69, 9.17) is 19.4 Å². The number of ether oxygens (including phenoxy) is 2. The second kappa shape index (κ2) is 14.2. The molecule has 0 unspecified atom stereocenters. The monoisotopic (exact) mass is 658 g/mol. The molecule has 48 heavy (non-hydrogen) atoms. The third-order valence-electron chi connectivity index (χ3n) is 10.3. The van der Waals surface area contributed by atoms with Gasteiger partial charge in [0.05, 0.1) is 37.7 Å². The summed E-state index contributed by atoms with van der Waals surface area (Å²) in [6.07, 6.45) is 11.7. The summed E-state index contributed by atoms with van der Waals surface area (Å²) >= 11 is 0. The van der Waals surface area contributed by atoms with Crippen molar-refractivity contribution in [2.24, 2.45) is 11.8 Å². The van der Waals surface area contributed by atoms with E-state index in [0.717, 1.165) is 53.9 Å². The van der Waals surface area contributed by atoms with Gasteiger partial charge in [-0.05, 0) is 115 Å². The molecule has 1 aliphatic heterocycles. The average molecular weight is 659 g/mol. The van der Waals surface area contributed by atoms with Crippen molar-refractivity contribution in [2.75, 3.05) is 31.6 Å². The predicted octanol–water partition coefficient (Wildman–Crippen LogP) is 6.31. The maximum Gasteiger partial charge on any atom is 0.410 e. The lowest BCUT2D eigenvalue weighted by Crippen LogP contribution is -2.62. The summed E-state index contributed by atoms with van der Waals surface area (Å²) in [5.41, 5.74) is 3.17. The first-order chi connectivity index (χ1) is 23.0. The Morgan fingerprint density at radius 2 is 1.77 bits per heavy atom. The number of aryl methyl sites for hydroxylation is 1. The summed E-state index contributed by atoms with van der Waals surface area (Å²) in [4.78, 5) is 40.0. The molecule has 0 atom stereocenters. The highest BCUT2D eigenvalue weighted by atomic mass is 16.6. The maximum absolute atomic E-state index is 14.4. The number of hydrogen-bond donors (Lipinski definition) is 1. The normalized spacial score (nSPS) is 23.8. The Morgan fingerprint density at radius 1 is 1.04 bits per heavy atom. The highest BCUT2D eigenvalue weighted by Crippen LogP contribution is 2.38. The van der Waals surface area contributed by atoms with Crippen LogP contribution < -0.4 is 9.64 Å². The molecule has 6 rings (SSSR count). The van der Waals surface area contributed by atoms with Crippen molar-refractivity contribution >= 4 is 17.8 Å². The average Bonchev–Trinajstić information content (AvgIpc) is 3.58. The third-order valence-corrected chi connectivity index (χ3v) is 10.3. The zero-order chi connectivity index (χ0) is 34.0.